The average molecular weight is 304 g/mol. The van der Waals surface area contributed by atoms with Gasteiger partial charge in [-0.25, -0.2) is 8.78 Å². The first-order chi connectivity index (χ1) is 10.6. The Bertz CT molecular complexity index is 646. The molecule has 2 rings (SSSR count). The fraction of sp³-hybridized carbons (Fsp3) is 0.235. The molecule has 1 N–H and O–H groups in total. The smallest absolute Gasteiger partial charge is 0.239 e. The maximum atomic E-state index is 13.5. The molecule has 0 heterocycles. The number of likely N-dealkylation sites (N-methyl/N-ethyl adjacent to an activating group) is 1. The molecule has 0 spiro atoms. The topological polar surface area (TPSA) is 32.3 Å². The van der Waals surface area contributed by atoms with Gasteiger partial charge in [0.25, 0.3) is 0 Å². The van der Waals surface area contributed by atoms with E-state index in [4.69, 9.17) is 0 Å². The Hall–Kier alpha value is -2.43. The summed E-state index contributed by atoms with van der Waals surface area (Å²) in [5, 5.41) is 2.67. The number of rotatable bonds is 6. The van der Waals surface area contributed by atoms with Gasteiger partial charge in [0.15, 0.2) is 0 Å². The minimum absolute atomic E-state index is 0.0917. The number of benzene rings is 2. The Labute approximate surface area is 128 Å². The Morgan fingerprint density at radius 2 is 1.91 bits per heavy atom. The summed E-state index contributed by atoms with van der Waals surface area (Å²) in [5.41, 5.74) is 1.08. The summed E-state index contributed by atoms with van der Waals surface area (Å²) in [4.78, 5) is 13.7. The molecule has 0 radical (unpaired) electrons. The monoisotopic (exact) mass is 304 g/mol. The normalized spacial score (nSPS) is 10.3. The van der Waals surface area contributed by atoms with Crippen molar-refractivity contribution in [3.63, 3.8) is 0 Å². The summed E-state index contributed by atoms with van der Waals surface area (Å²) in [6.45, 7) is 2.67. The van der Waals surface area contributed by atoms with Gasteiger partial charge in [-0.3, -0.25) is 4.79 Å². The molecule has 2 aromatic rings. The van der Waals surface area contributed by atoms with Crippen LogP contribution in [0.25, 0.3) is 0 Å². The molecule has 2 aromatic carbocycles. The van der Waals surface area contributed by atoms with E-state index in [9.17, 15) is 13.6 Å². The molecule has 0 aromatic heterocycles. The van der Waals surface area contributed by atoms with E-state index in [0.717, 1.165) is 0 Å². The molecule has 0 atom stereocenters. The quantitative estimate of drug-likeness (QED) is 0.889. The van der Waals surface area contributed by atoms with Crippen molar-refractivity contribution in [2.45, 2.75) is 13.5 Å². The molecule has 0 fully saturated rings. The fourth-order valence-corrected chi connectivity index (χ4v) is 2.12. The molecular weight excluding hydrogens is 286 g/mol. The van der Waals surface area contributed by atoms with Gasteiger partial charge in [-0.1, -0.05) is 24.3 Å². The third kappa shape index (κ3) is 4.28. The molecule has 22 heavy (non-hydrogen) atoms. The van der Waals surface area contributed by atoms with E-state index in [2.05, 4.69) is 5.32 Å². The number of carbonyl (C=O) groups is 1. The van der Waals surface area contributed by atoms with Crippen LogP contribution in [0.15, 0.2) is 48.5 Å². The van der Waals surface area contributed by atoms with E-state index in [0.29, 0.717) is 17.8 Å². The Morgan fingerprint density at radius 1 is 1.14 bits per heavy atom. The molecule has 5 heteroatoms. The van der Waals surface area contributed by atoms with Crippen LogP contribution < -0.4 is 10.2 Å². The summed E-state index contributed by atoms with van der Waals surface area (Å²) in [6, 6.07) is 12.4. The van der Waals surface area contributed by atoms with Crippen LogP contribution >= 0.6 is 0 Å². The molecule has 116 valence electrons. The number of hydrogen-bond donors (Lipinski definition) is 1. The molecule has 0 aliphatic heterocycles. The van der Waals surface area contributed by atoms with Crippen LogP contribution in [0.5, 0.6) is 0 Å². The van der Waals surface area contributed by atoms with Gasteiger partial charge in [-0.15, -0.1) is 0 Å². The van der Waals surface area contributed by atoms with Crippen molar-refractivity contribution in [3.8, 4) is 0 Å². The lowest BCUT2D eigenvalue weighted by atomic mass is 10.2. The lowest BCUT2D eigenvalue weighted by Gasteiger charge is -2.22. The lowest BCUT2D eigenvalue weighted by Crippen LogP contribution is -2.37. The second-order valence-electron chi connectivity index (χ2n) is 4.86. The van der Waals surface area contributed by atoms with Crippen molar-refractivity contribution >= 4 is 11.6 Å². The summed E-state index contributed by atoms with van der Waals surface area (Å²) < 4.78 is 26.7. The number of hydrogen-bond acceptors (Lipinski definition) is 2. The highest BCUT2D eigenvalue weighted by molar-refractivity contribution is 5.81. The van der Waals surface area contributed by atoms with Gasteiger partial charge in [0.05, 0.1) is 6.54 Å². The zero-order chi connectivity index (χ0) is 15.9. The highest BCUT2D eigenvalue weighted by Crippen LogP contribution is 2.15. The molecule has 0 saturated carbocycles. The standard InChI is InChI=1S/C17H18F2N2O/c1-2-21(15-8-5-7-14(18)10-15)12-17(22)20-11-13-6-3-4-9-16(13)19/h3-10H,2,11-12H2,1H3,(H,20,22). The molecule has 3 nitrogen and oxygen atoms in total. The summed E-state index contributed by atoms with van der Waals surface area (Å²) in [7, 11) is 0. The number of anilines is 1. The van der Waals surface area contributed by atoms with Gasteiger partial charge < -0.3 is 10.2 Å². The molecule has 0 bridgehead atoms. The molecule has 0 aliphatic carbocycles. The number of nitrogens with one attached hydrogen (secondary N) is 1. The van der Waals surface area contributed by atoms with Crippen LogP contribution in [0.2, 0.25) is 0 Å². The molecule has 0 unspecified atom stereocenters. The van der Waals surface area contributed by atoms with E-state index in [1.165, 1.54) is 18.2 Å². The summed E-state index contributed by atoms with van der Waals surface area (Å²) >= 11 is 0. The van der Waals surface area contributed by atoms with Crippen LogP contribution in [0.3, 0.4) is 0 Å². The van der Waals surface area contributed by atoms with Crippen molar-refractivity contribution in [3.05, 3.63) is 65.7 Å². The Kier molecular flexibility index (Phi) is 5.47. The minimum Gasteiger partial charge on any atom is -0.362 e. The van der Waals surface area contributed by atoms with Gasteiger partial charge in [0.1, 0.15) is 11.6 Å². The van der Waals surface area contributed by atoms with Gasteiger partial charge in [-0.05, 0) is 31.2 Å². The second kappa shape index (κ2) is 7.54. The van der Waals surface area contributed by atoms with Crippen molar-refractivity contribution < 1.29 is 13.6 Å². The van der Waals surface area contributed by atoms with E-state index in [-0.39, 0.29) is 30.6 Å². The fourth-order valence-electron chi connectivity index (χ4n) is 2.12. The van der Waals surface area contributed by atoms with Crippen LogP contribution in [0.4, 0.5) is 14.5 Å². The largest absolute Gasteiger partial charge is 0.362 e. The van der Waals surface area contributed by atoms with Crippen LogP contribution in [0, 0.1) is 11.6 Å². The highest BCUT2D eigenvalue weighted by atomic mass is 19.1. The van der Waals surface area contributed by atoms with Crippen molar-refractivity contribution in [2.75, 3.05) is 18.0 Å². The number of halogens is 2. The van der Waals surface area contributed by atoms with Gasteiger partial charge >= 0.3 is 0 Å². The number of amides is 1. The maximum Gasteiger partial charge on any atom is 0.239 e. The first-order valence-electron chi connectivity index (χ1n) is 7.10. The molecule has 0 aliphatic rings. The second-order valence-corrected chi connectivity index (χ2v) is 4.86. The summed E-state index contributed by atoms with van der Waals surface area (Å²) in [5.74, 6) is -0.933. The maximum absolute atomic E-state index is 13.5. The SMILES string of the molecule is CCN(CC(=O)NCc1ccccc1F)c1cccc(F)c1. The summed E-state index contributed by atoms with van der Waals surface area (Å²) in [6.07, 6.45) is 0. The predicted octanol–water partition coefficient (Wildman–Crippen LogP) is 3.11. The number of nitrogens with zero attached hydrogens (tertiary/aromatic N) is 1. The first-order valence-corrected chi connectivity index (χ1v) is 7.10. The van der Waals surface area contributed by atoms with Crippen LogP contribution in [-0.4, -0.2) is 19.0 Å². The molecule has 0 saturated heterocycles. The van der Waals surface area contributed by atoms with Gasteiger partial charge in [0, 0.05) is 24.3 Å². The van der Waals surface area contributed by atoms with Crippen LogP contribution in [0.1, 0.15) is 12.5 Å². The number of carbonyl (C=O) groups excluding carboxylic acids is 1. The van der Waals surface area contributed by atoms with Crippen molar-refractivity contribution in [2.24, 2.45) is 0 Å². The highest BCUT2D eigenvalue weighted by Gasteiger charge is 2.11. The molecular formula is C17H18F2N2O. The van der Waals surface area contributed by atoms with Gasteiger partial charge in [-0.2, -0.15) is 0 Å². The van der Waals surface area contributed by atoms with E-state index >= 15 is 0 Å². The van der Waals surface area contributed by atoms with E-state index in [1.807, 2.05) is 6.92 Å². The Balaban J connectivity index is 1.94. The van der Waals surface area contributed by atoms with Crippen LogP contribution in [-0.2, 0) is 11.3 Å². The minimum atomic E-state index is -0.347. The third-order valence-corrected chi connectivity index (χ3v) is 3.32. The molecule has 1 amide bonds. The van der Waals surface area contributed by atoms with E-state index in [1.54, 1.807) is 35.2 Å². The third-order valence-electron chi connectivity index (χ3n) is 3.32. The lowest BCUT2D eigenvalue weighted by molar-refractivity contribution is -0.119. The van der Waals surface area contributed by atoms with Crippen molar-refractivity contribution in [1.29, 1.82) is 0 Å². The van der Waals surface area contributed by atoms with Crippen molar-refractivity contribution in [1.82, 2.24) is 5.32 Å². The van der Waals surface area contributed by atoms with Gasteiger partial charge in [0.2, 0.25) is 5.91 Å². The predicted molar refractivity (Wildman–Crippen MR) is 82.5 cm³/mol. The average Bonchev–Trinajstić information content (AvgIpc) is 2.52. The zero-order valence-corrected chi connectivity index (χ0v) is 12.4. The first kappa shape index (κ1) is 15.9. The Morgan fingerprint density at radius 3 is 2.59 bits per heavy atom. The zero-order valence-electron chi connectivity index (χ0n) is 12.4. The van der Waals surface area contributed by atoms with E-state index < -0.39 is 0 Å².